The van der Waals surface area contributed by atoms with Crippen molar-refractivity contribution in [3.8, 4) is 0 Å². The van der Waals surface area contributed by atoms with Gasteiger partial charge in [0.15, 0.2) is 0 Å². The second kappa shape index (κ2) is 9.79. The van der Waals surface area contributed by atoms with Crippen LogP contribution in [-0.2, 0) is 0 Å². The van der Waals surface area contributed by atoms with Crippen LogP contribution in [-0.4, -0.2) is 37.7 Å². The van der Waals surface area contributed by atoms with E-state index in [-0.39, 0.29) is 37.7 Å². The van der Waals surface area contributed by atoms with Gasteiger partial charge >= 0.3 is 37.7 Å². The van der Waals surface area contributed by atoms with E-state index in [9.17, 15) is 0 Å². The van der Waals surface area contributed by atoms with Crippen LogP contribution in [0, 0.1) is 12.1 Å². The summed E-state index contributed by atoms with van der Waals surface area (Å²) in [4.78, 5) is 0. The van der Waals surface area contributed by atoms with E-state index in [2.05, 4.69) is 12.1 Å². The minimum absolute atomic E-state index is 0. The summed E-state index contributed by atoms with van der Waals surface area (Å²) in [5, 5.41) is 0. The average Bonchev–Trinajstić information content (AvgIpc) is 2.24. The molecule has 0 N–H and O–H groups in total. The van der Waals surface area contributed by atoms with Gasteiger partial charge in [-0.1, -0.05) is 0 Å². The van der Waals surface area contributed by atoms with Crippen molar-refractivity contribution in [3.05, 3.63) is 72.8 Å². The van der Waals surface area contributed by atoms with Crippen LogP contribution in [0.5, 0.6) is 0 Å². The molecule has 2 aromatic rings. The number of rotatable bonds is 0. The second-order valence-electron chi connectivity index (χ2n) is 2.15. The van der Waals surface area contributed by atoms with Crippen LogP contribution in [0.25, 0.3) is 0 Å². The van der Waals surface area contributed by atoms with E-state index in [4.69, 9.17) is 0 Å². The van der Waals surface area contributed by atoms with Crippen molar-refractivity contribution in [2.75, 3.05) is 0 Å². The first kappa shape index (κ1) is 12.7. The average molecular weight is 194 g/mol. The standard InChI is InChI=1S/2C6H5.Ca/c2*1-2-4-6-5-3-1;/h2*1-5H;/q2*-1;+2. The van der Waals surface area contributed by atoms with Crippen molar-refractivity contribution in [2.24, 2.45) is 0 Å². The Kier molecular flexibility index (Phi) is 9.56. The van der Waals surface area contributed by atoms with Gasteiger partial charge in [0, 0.05) is 0 Å². The fourth-order valence-electron chi connectivity index (χ4n) is 0.684. The summed E-state index contributed by atoms with van der Waals surface area (Å²) in [6, 6.07) is 25.0. The maximum absolute atomic E-state index is 2.89. The molecule has 0 unspecified atom stereocenters. The van der Waals surface area contributed by atoms with Gasteiger partial charge in [-0.05, 0) is 0 Å². The largest absolute Gasteiger partial charge is 2.00 e. The van der Waals surface area contributed by atoms with Crippen molar-refractivity contribution >= 4 is 37.7 Å². The van der Waals surface area contributed by atoms with Gasteiger partial charge in [-0.15, -0.1) is 0 Å². The Morgan fingerprint density at radius 1 is 0.462 bits per heavy atom. The van der Waals surface area contributed by atoms with Crippen LogP contribution in [0.15, 0.2) is 60.7 Å². The molecule has 0 saturated carbocycles. The Morgan fingerprint density at radius 2 is 0.769 bits per heavy atom. The van der Waals surface area contributed by atoms with Crippen molar-refractivity contribution in [1.82, 2.24) is 0 Å². The topological polar surface area (TPSA) is 0 Å². The molecular weight excluding hydrogens is 184 g/mol. The molecule has 0 heterocycles. The molecule has 0 amide bonds. The summed E-state index contributed by atoms with van der Waals surface area (Å²) >= 11 is 0. The van der Waals surface area contributed by atoms with Gasteiger partial charge in [0.25, 0.3) is 0 Å². The quantitative estimate of drug-likeness (QED) is 0.446. The first-order chi connectivity index (χ1) is 6.00. The summed E-state index contributed by atoms with van der Waals surface area (Å²) in [6.45, 7) is 0. The molecule has 0 radical (unpaired) electrons. The minimum atomic E-state index is 0. The van der Waals surface area contributed by atoms with Crippen LogP contribution < -0.4 is 0 Å². The molecule has 0 nitrogen and oxygen atoms in total. The molecule has 0 fully saturated rings. The third-order valence-electron chi connectivity index (χ3n) is 1.21. The van der Waals surface area contributed by atoms with Gasteiger partial charge in [-0.2, -0.15) is 72.8 Å². The number of hydrogen-bond acceptors (Lipinski definition) is 0. The van der Waals surface area contributed by atoms with E-state index < -0.39 is 0 Å². The summed E-state index contributed by atoms with van der Waals surface area (Å²) in [7, 11) is 0. The molecule has 0 aromatic heterocycles. The van der Waals surface area contributed by atoms with E-state index in [1.165, 1.54) is 0 Å². The third-order valence-corrected chi connectivity index (χ3v) is 1.21. The Morgan fingerprint density at radius 3 is 0.846 bits per heavy atom. The fourth-order valence-corrected chi connectivity index (χ4v) is 0.684. The molecule has 0 saturated heterocycles. The van der Waals surface area contributed by atoms with Gasteiger partial charge in [0.2, 0.25) is 0 Å². The predicted molar refractivity (Wildman–Crippen MR) is 56.3 cm³/mol. The molecule has 0 atom stereocenters. The maximum atomic E-state index is 2.89. The molecule has 0 bridgehead atoms. The Labute approximate surface area is 110 Å². The van der Waals surface area contributed by atoms with Gasteiger partial charge in [-0.25, -0.2) is 0 Å². The Hall–Kier alpha value is -0.300. The SMILES string of the molecule is [Ca+2].[c-]1ccccc1.[c-]1ccccc1. The van der Waals surface area contributed by atoms with Crippen molar-refractivity contribution in [3.63, 3.8) is 0 Å². The van der Waals surface area contributed by atoms with E-state index in [0.29, 0.717) is 0 Å². The van der Waals surface area contributed by atoms with Gasteiger partial charge in [0.1, 0.15) is 0 Å². The maximum Gasteiger partial charge on any atom is 2.00 e. The monoisotopic (exact) mass is 194 g/mol. The van der Waals surface area contributed by atoms with Gasteiger partial charge in [-0.3, -0.25) is 0 Å². The Bertz CT molecular complexity index is 181. The van der Waals surface area contributed by atoms with Crippen LogP contribution >= 0.6 is 0 Å². The van der Waals surface area contributed by atoms with Crippen LogP contribution in [0.4, 0.5) is 0 Å². The first-order valence-electron chi connectivity index (χ1n) is 3.82. The number of hydrogen-bond donors (Lipinski definition) is 0. The molecule has 0 aliphatic carbocycles. The molecule has 0 aliphatic heterocycles. The smallest absolute Gasteiger partial charge is 0.184 e. The van der Waals surface area contributed by atoms with Crippen LogP contribution in [0.3, 0.4) is 0 Å². The van der Waals surface area contributed by atoms with Crippen molar-refractivity contribution < 1.29 is 0 Å². The van der Waals surface area contributed by atoms with Gasteiger partial charge < -0.3 is 0 Å². The van der Waals surface area contributed by atoms with E-state index in [1.54, 1.807) is 0 Å². The van der Waals surface area contributed by atoms with Gasteiger partial charge in [0.05, 0.1) is 0 Å². The third kappa shape index (κ3) is 8.04. The fraction of sp³-hybridized carbons (Fsp3) is 0. The molecule has 0 spiro atoms. The summed E-state index contributed by atoms with van der Waals surface area (Å²) in [6.07, 6.45) is 0. The van der Waals surface area contributed by atoms with Crippen LogP contribution in [0.1, 0.15) is 0 Å². The van der Waals surface area contributed by atoms with E-state index >= 15 is 0 Å². The zero-order valence-corrected chi connectivity index (χ0v) is 9.69. The van der Waals surface area contributed by atoms with E-state index in [0.717, 1.165) is 0 Å². The predicted octanol–water partition coefficient (Wildman–Crippen LogP) is 2.59. The molecule has 1 heteroatoms. The van der Waals surface area contributed by atoms with Crippen molar-refractivity contribution in [2.45, 2.75) is 0 Å². The molecule has 60 valence electrons. The normalized spacial score (nSPS) is 7.38. The molecule has 0 aliphatic rings. The van der Waals surface area contributed by atoms with Crippen LogP contribution in [0.2, 0.25) is 0 Å². The Balaban J connectivity index is 0.000000206. The molecule has 13 heavy (non-hydrogen) atoms. The zero-order valence-electron chi connectivity index (χ0n) is 7.48. The summed E-state index contributed by atoms with van der Waals surface area (Å²) in [5.74, 6) is 0. The second-order valence-corrected chi connectivity index (χ2v) is 2.15. The minimum Gasteiger partial charge on any atom is -0.184 e. The number of benzene rings is 2. The van der Waals surface area contributed by atoms with E-state index in [1.807, 2.05) is 60.7 Å². The molecule has 2 rings (SSSR count). The summed E-state index contributed by atoms with van der Waals surface area (Å²) < 4.78 is 0. The molecular formula is C12H10Ca. The van der Waals surface area contributed by atoms with Crippen molar-refractivity contribution in [1.29, 1.82) is 0 Å². The molecule has 2 aromatic carbocycles. The first-order valence-corrected chi connectivity index (χ1v) is 3.82. The summed E-state index contributed by atoms with van der Waals surface area (Å²) in [5.41, 5.74) is 0. The zero-order chi connectivity index (χ0) is 8.49.